The zero-order valence-corrected chi connectivity index (χ0v) is 14.3. The summed E-state index contributed by atoms with van der Waals surface area (Å²) in [7, 11) is 0. The van der Waals surface area contributed by atoms with Gasteiger partial charge in [-0.25, -0.2) is 4.98 Å². The molecule has 0 fully saturated rings. The topological polar surface area (TPSA) is 24.9 Å². The summed E-state index contributed by atoms with van der Waals surface area (Å²) in [5.74, 6) is 0.650. The maximum absolute atomic E-state index is 6.35. The second-order valence-electron chi connectivity index (χ2n) is 5.13. The molecule has 0 aliphatic rings. The van der Waals surface area contributed by atoms with Crippen molar-refractivity contribution >= 4 is 34.7 Å². The Bertz CT molecular complexity index is 567. The lowest BCUT2D eigenvalue weighted by Gasteiger charge is -2.09. The van der Waals surface area contributed by atoms with Gasteiger partial charge in [0.25, 0.3) is 0 Å². The molecule has 0 saturated carbocycles. The first-order valence-corrected chi connectivity index (χ1v) is 8.71. The third-order valence-electron chi connectivity index (χ3n) is 2.70. The third kappa shape index (κ3) is 4.77. The van der Waals surface area contributed by atoms with Crippen LogP contribution in [0.2, 0.25) is 5.02 Å². The quantitative estimate of drug-likeness (QED) is 0.808. The number of thiazole rings is 1. The predicted octanol–water partition coefficient (Wildman–Crippen LogP) is 5.00. The number of aryl methyl sites for hydroxylation is 1. The van der Waals surface area contributed by atoms with E-state index in [1.54, 1.807) is 23.1 Å². The van der Waals surface area contributed by atoms with Crippen LogP contribution < -0.4 is 5.32 Å². The van der Waals surface area contributed by atoms with Crippen LogP contribution in [0.3, 0.4) is 0 Å². The van der Waals surface area contributed by atoms with E-state index in [1.807, 2.05) is 13.0 Å². The Kier molecular flexibility index (Phi) is 5.90. The molecule has 1 heterocycles. The molecule has 0 unspecified atom stereocenters. The van der Waals surface area contributed by atoms with Crippen LogP contribution in [-0.4, -0.2) is 11.5 Å². The van der Waals surface area contributed by atoms with E-state index in [-0.39, 0.29) is 0 Å². The molecule has 0 atom stereocenters. The first kappa shape index (κ1) is 15.8. The number of nitrogens with one attached hydrogen (secondary N) is 1. The Morgan fingerprint density at radius 2 is 2.20 bits per heavy atom. The van der Waals surface area contributed by atoms with Gasteiger partial charge in [-0.05, 0) is 37.1 Å². The molecule has 0 amide bonds. The van der Waals surface area contributed by atoms with Crippen molar-refractivity contribution in [3.05, 3.63) is 39.9 Å². The predicted molar refractivity (Wildman–Crippen MR) is 89.0 cm³/mol. The number of benzene rings is 1. The van der Waals surface area contributed by atoms with Crippen LogP contribution in [0.25, 0.3) is 0 Å². The lowest BCUT2D eigenvalue weighted by Crippen LogP contribution is -2.19. The van der Waals surface area contributed by atoms with Gasteiger partial charge in [0.1, 0.15) is 0 Å². The molecule has 0 bridgehead atoms. The molecule has 0 spiro atoms. The highest BCUT2D eigenvalue weighted by Crippen LogP contribution is 2.32. The molecule has 1 aromatic carbocycles. The number of nitrogens with zero attached hydrogens (tertiary/aromatic N) is 1. The molecule has 1 N–H and O–H groups in total. The maximum Gasteiger partial charge on any atom is 0.154 e. The normalized spacial score (nSPS) is 11.2. The lowest BCUT2D eigenvalue weighted by atomic mass is 10.2. The average molecular weight is 327 g/mol. The highest BCUT2D eigenvalue weighted by Gasteiger charge is 2.06. The van der Waals surface area contributed by atoms with Crippen LogP contribution in [0.15, 0.2) is 32.8 Å². The van der Waals surface area contributed by atoms with Gasteiger partial charge in [0.05, 0.1) is 0 Å². The van der Waals surface area contributed by atoms with Crippen molar-refractivity contribution in [2.24, 2.45) is 5.92 Å². The van der Waals surface area contributed by atoms with Crippen LogP contribution >= 0.6 is 34.7 Å². The lowest BCUT2D eigenvalue weighted by molar-refractivity contribution is 0.552. The van der Waals surface area contributed by atoms with E-state index in [1.165, 1.54) is 0 Å². The zero-order chi connectivity index (χ0) is 14.5. The summed E-state index contributed by atoms with van der Waals surface area (Å²) in [4.78, 5) is 5.59. The minimum absolute atomic E-state index is 0.650. The molecule has 0 saturated heterocycles. The van der Waals surface area contributed by atoms with Gasteiger partial charge in [0, 0.05) is 27.5 Å². The van der Waals surface area contributed by atoms with E-state index in [9.17, 15) is 0 Å². The fourth-order valence-corrected chi connectivity index (χ4v) is 3.87. The summed E-state index contributed by atoms with van der Waals surface area (Å²) < 4.78 is 1.06. The summed E-state index contributed by atoms with van der Waals surface area (Å²) in [6.07, 6.45) is 0. The molecule has 2 nitrogen and oxygen atoms in total. The number of rotatable bonds is 6. The molecule has 0 radical (unpaired) electrons. The summed E-state index contributed by atoms with van der Waals surface area (Å²) in [6.45, 7) is 8.23. The number of hydrogen-bond acceptors (Lipinski definition) is 4. The molecule has 108 valence electrons. The standard InChI is InChI=1S/C15H19ClN2S2/c1-10(2)7-17-8-12-4-5-13(6-14(12)16)20-15-18-11(3)9-19-15/h4-6,9-10,17H,7-8H2,1-3H3. The van der Waals surface area contributed by atoms with E-state index in [2.05, 4.69) is 41.7 Å². The van der Waals surface area contributed by atoms with E-state index in [4.69, 9.17) is 11.6 Å². The van der Waals surface area contributed by atoms with E-state index in [0.29, 0.717) is 5.92 Å². The molecule has 0 aliphatic heterocycles. The molecule has 1 aromatic heterocycles. The molecule has 20 heavy (non-hydrogen) atoms. The Labute approximate surface area is 134 Å². The van der Waals surface area contributed by atoms with Crippen molar-refractivity contribution in [3.8, 4) is 0 Å². The zero-order valence-electron chi connectivity index (χ0n) is 11.9. The molecular weight excluding hydrogens is 308 g/mol. The molecule has 5 heteroatoms. The second kappa shape index (κ2) is 7.46. The van der Waals surface area contributed by atoms with Crippen molar-refractivity contribution < 1.29 is 0 Å². The summed E-state index contributed by atoms with van der Waals surface area (Å²) in [5.41, 5.74) is 2.21. The van der Waals surface area contributed by atoms with Crippen LogP contribution in [0.1, 0.15) is 25.1 Å². The van der Waals surface area contributed by atoms with Crippen molar-refractivity contribution in [1.29, 1.82) is 0 Å². The molecule has 2 aromatic rings. The van der Waals surface area contributed by atoms with E-state index >= 15 is 0 Å². The average Bonchev–Trinajstić information content (AvgIpc) is 2.77. The van der Waals surface area contributed by atoms with Gasteiger partial charge < -0.3 is 5.32 Å². The Balaban J connectivity index is 1.98. The van der Waals surface area contributed by atoms with Crippen LogP contribution in [-0.2, 0) is 6.54 Å². The van der Waals surface area contributed by atoms with Gasteiger partial charge >= 0.3 is 0 Å². The minimum Gasteiger partial charge on any atom is -0.312 e. The van der Waals surface area contributed by atoms with Gasteiger partial charge in [-0.15, -0.1) is 11.3 Å². The van der Waals surface area contributed by atoms with Crippen LogP contribution in [0, 0.1) is 12.8 Å². The van der Waals surface area contributed by atoms with Crippen molar-refractivity contribution in [3.63, 3.8) is 0 Å². The fourth-order valence-electron chi connectivity index (χ4n) is 1.71. The number of hydrogen-bond donors (Lipinski definition) is 1. The molecule has 0 aliphatic carbocycles. The van der Waals surface area contributed by atoms with Gasteiger partial charge in [0.15, 0.2) is 4.34 Å². The largest absolute Gasteiger partial charge is 0.312 e. The Hall–Kier alpha value is -0.550. The smallest absolute Gasteiger partial charge is 0.154 e. The second-order valence-corrected chi connectivity index (χ2v) is 7.72. The highest BCUT2D eigenvalue weighted by atomic mass is 35.5. The SMILES string of the molecule is Cc1csc(Sc2ccc(CNCC(C)C)c(Cl)c2)n1. The maximum atomic E-state index is 6.35. The van der Waals surface area contributed by atoms with Crippen molar-refractivity contribution in [1.82, 2.24) is 10.3 Å². The first-order valence-electron chi connectivity index (χ1n) is 6.63. The number of aromatic nitrogens is 1. The third-order valence-corrected chi connectivity index (χ3v) is 5.09. The van der Waals surface area contributed by atoms with Gasteiger partial charge in [-0.1, -0.05) is 43.3 Å². The van der Waals surface area contributed by atoms with E-state index < -0.39 is 0 Å². The minimum atomic E-state index is 0.650. The summed E-state index contributed by atoms with van der Waals surface area (Å²) in [6, 6.07) is 6.23. The number of halogens is 1. The first-order chi connectivity index (χ1) is 9.54. The Morgan fingerprint density at radius 1 is 1.40 bits per heavy atom. The van der Waals surface area contributed by atoms with Gasteiger partial charge in [-0.2, -0.15) is 0 Å². The van der Waals surface area contributed by atoms with Crippen molar-refractivity contribution in [2.75, 3.05) is 6.54 Å². The molecular formula is C15H19ClN2S2. The summed E-state index contributed by atoms with van der Waals surface area (Å²) in [5, 5.41) is 6.30. The van der Waals surface area contributed by atoms with E-state index in [0.717, 1.165) is 38.6 Å². The monoisotopic (exact) mass is 326 g/mol. The summed E-state index contributed by atoms with van der Waals surface area (Å²) >= 11 is 9.68. The molecule has 2 rings (SSSR count). The fraction of sp³-hybridized carbons (Fsp3) is 0.400. The van der Waals surface area contributed by atoms with Crippen LogP contribution in [0.5, 0.6) is 0 Å². The van der Waals surface area contributed by atoms with Crippen molar-refractivity contribution in [2.45, 2.75) is 36.6 Å². The van der Waals surface area contributed by atoms with Crippen LogP contribution in [0.4, 0.5) is 0 Å². The highest BCUT2D eigenvalue weighted by molar-refractivity contribution is 8.01. The Morgan fingerprint density at radius 3 is 2.80 bits per heavy atom. The van der Waals surface area contributed by atoms with Gasteiger partial charge in [0.2, 0.25) is 0 Å². The van der Waals surface area contributed by atoms with Gasteiger partial charge in [-0.3, -0.25) is 0 Å².